The maximum atomic E-state index is 14.0. The van der Waals surface area contributed by atoms with Crippen molar-refractivity contribution in [2.75, 3.05) is 42.9 Å². The Balaban J connectivity index is 1.71. The Bertz CT molecular complexity index is 915. The molecular formula is C21H26FN5O3. The first-order valence-corrected chi connectivity index (χ1v) is 9.96. The number of carbonyl (C=O) groups excluding carboxylic acids is 1. The van der Waals surface area contributed by atoms with E-state index in [-0.39, 0.29) is 11.5 Å². The van der Waals surface area contributed by atoms with Crippen LogP contribution < -0.4 is 15.5 Å². The molecule has 0 radical (unpaired) electrons. The summed E-state index contributed by atoms with van der Waals surface area (Å²) in [5.74, 6) is -0.367. The lowest BCUT2D eigenvalue weighted by Gasteiger charge is -2.37. The molecule has 1 aliphatic rings. The van der Waals surface area contributed by atoms with Gasteiger partial charge in [0.15, 0.2) is 0 Å². The van der Waals surface area contributed by atoms with Crippen LogP contribution in [0.1, 0.15) is 25.5 Å². The van der Waals surface area contributed by atoms with Crippen molar-refractivity contribution >= 4 is 23.1 Å². The maximum Gasteiger partial charge on any atom is 0.319 e. The fourth-order valence-corrected chi connectivity index (χ4v) is 3.60. The van der Waals surface area contributed by atoms with Gasteiger partial charge < -0.3 is 20.4 Å². The molecule has 160 valence electrons. The van der Waals surface area contributed by atoms with Gasteiger partial charge in [0.1, 0.15) is 5.82 Å². The highest BCUT2D eigenvalue weighted by atomic mass is 19.1. The van der Waals surface area contributed by atoms with Gasteiger partial charge in [-0.2, -0.15) is 0 Å². The molecule has 0 unspecified atom stereocenters. The molecule has 0 aliphatic carbocycles. The topological polar surface area (TPSA) is 90.8 Å². The van der Waals surface area contributed by atoms with Crippen LogP contribution in [0.15, 0.2) is 42.5 Å². The number of benzene rings is 2. The number of halogens is 1. The fourth-order valence-electron chi connectivity index (χ4n) is 3.60. The van der Waals surface area contributed by atoms with E-state index in [2.05, 4.69) is 27.4 Å². The highest BCUT2D eigenvalue weighted by Gasteiger charge is 2.22. The van der Waals surface area contributed by atoms with Crippen LogP contribution in [-0.2, 0) is 0 Å². The number of amides is 2. The molecule has 8 nitrogen and oxygen atoms in total. The van der Waals surface area contributed by atoms with Gasteiger partial charge in [0.25, 0.3) is 5.69 Å². The Labute approximate surface area is 174 Å². The number of urea groups is 1. The standard InChI is InChI=1S/C21H26FN5O3/c1-3-25-9-11-26(12-10-25)20-8-7-16(22)13-19(20)15(2)23-21(28)24-17-5-4-6-18(14-17)27(29)30/h4-8,13-15H,3,9-12H2,1-2H3,(H2,23,24,28)/t15-/m1/s1. The van der Waals surface area contributed by atoms with E-state index in [0.29, 0.717) is 11.3 Å². The second kappa shape index (κ2) is 9.53. The van der Waals surface area contributed by atoms with Crippen LogP contribution in [0.5, 0.6) is 0 Å². The fraction of sp³-hybridized carbons (Fsp3) is 0.381. The molecule has 1 fully saturated rings. The van der Waals surface area contributed by atoms with E-state index >= 15 is 0 Å². The van der Waals surface area contributed by atoms with Crippen molar-refractivity contribution < 1.29 is 14.1 Å². The molecule has 2 aromatic rings. The molecule has 2 N–H and O–H groups in total. The largest absolute Gasteiger partial charge is 0.369 e. The van der Waals surface area contributed by atoms with Gasteiger partial charge in [-0.25, -0.2) is 9.18 Å². The average molecular weight is 415 g/mol. The Morgan fingerprint density at radius 2 is 1.93 bits per heavy atom. The summed E-state index contributed by atoms with van der Waals surface area (Å²) in [6.45, 7) is 8.45. The summed E-state index contributed by atoms with van der Waals surface area (Å²) in [5.41, 5.74) is 1.79. The number of non-ortho nitro benzene ring substituents is 1. The minimum atomic E-state index is -0.525. The van der Waals surface area contributed by atoms with Crippen LogP contribution in [0.2, 0.25) is 0 Å². The number of anilines is 2. The Morgan fingerprint density at radius 3 is 2.60 bits per heavy atom. The van der Waals surface area contributed by atoms with Gasteiger partial charge >= 0.3 is 6.03 Å². The van der Waals surface area contributed by atoms with Gasteiger partial charge in [0.05, 0.1) is 11.0 Å². The lowest BCUT2D eigenvalue weighted by Crippen LogP contribution is -2.46. The molecule has 0 spiro atoms. The second-order valence-corrected chi connectivity index (χ2v) is 7.25. The first-order valence-electron chi connectivity index (χ1n) is 9.96. The molecule has 1 heterocycles. The third-order valence-electron chi connectivity index (χ3n) is 5.28. The summed E-state index contributed by atoms with van der Waals surface area (Å²) >= 11 is 0. The monoisotopic (exact) mass is 415 g/mol. The average Bonchev–Trinajstić information content (AvgIpc) is 2.73. The van der Waals surface area contributed by atoms with E-state index in [0.717, 1.165) is 38.4 Å². The molecule has 30 heavy (non-hydrogen) atoms. The molecule has 1 saturated heterocycles. The van der Waals surface area contributed by atoms with E-state index in [1.807, 2.05) is 0 Å². The van der Waals surface area contributed by atoms with Crippen molar-refractivity contribution in [2.45, 2.75) is 19.9 Å². The second-order valence-electron chi connectivity index (χ2n) is 7.25. The van der Waals surface area contributed by atoms with E-state index in [1.165, 1.54) is 30.3 Å². The zero-order valence-electron chi connectivity index (χ0n) is 17.1. The zero-order chi connectivity index (χ0) is 21.7. The number of likely N-dealkylation sites (N-methyl/N-ethyl adjacent to an activating group) is 1. The highest BCUT2D eigenvalue weighted by Crippen LogP contribution is 2.28. The first-order chi connectivity index (χ1) is 14.4. The normalized spacial score (nSPS) is 15.5. The number of nitrogens with zero attached hydrogens (tertiary/aromatic N) is 3. The van der Waals surface area contributed by atoms with Gasteiger partial charge in [-0.05, 0) is 37.7 Å². The number of nitro benzene ring substituents is 1. The lowest BCUT2D eigenvalue weighted by atomic mass is 10.0. The predicted octanol–water partition coefficient (Wildman–Crippen LogP) is 3.76. The van der Waals surface area contributed by atoms with E-state index < -0.39 is 17.0 Å². The number of carbonyl (C=O) groups is 1. The van der Waals surface area contributed by atoms with Crippen LogP contribution in [0.25, 0.3) is 0 Å². The molecule has 1 aliphatic heterocycles. The molecule has 0 saturated carbocycles. The molecular weight excluding hydrogens is 389 g/mol. The summed E-state index contributed by atoms with van der Waals surface area (Å²) in [4.78, 5) is 27.4. The van der Waals surface area contributed by atoms with Crippen molar-refractivity contribution in [3.8, 4) is 0 Å². The van der Waals surface area contributed by atoms with Gasteiger partial charge in [-0.3, -0.25) is 10.1 Å². The first kappa shape index (κ1) is 21.5. The molecule has 0 aromatic heterocycles. The summed E-state index contributed by atoms with van der Waals surface area (Å²) in [5, 5.41) is 16.3. The summed E-state index contributed by atoms with van der Waals surface area (Å²) in [7, 11) is 0. The van der Waals surface area contributed by atoms with Gasteiger partial charge in [-0.1, -0.05) is 13.0 Å². The van der Waals surface area contributed by atoms with Gasteiger partial charge in [-0.15, -0.1) is 0 Å². The van der Waals surface area contributed by atoms with Gasteiger partial charge in [0, 0.05) is 55.2 Å². The molecule has 1 atom stereocenters. The zero-order valence-corrected chi connectivity index (χ0v) is 17.1. The quantitative estimate of drug-likeness (QED) is 0.554. The van der Waals surface area contributed by atoms with E-state index in [4.69, 9.17) is 0 Å². The molecule has 0 bridgehead atoms. The number of rotatable bonds is 6. The minimum absolute atomic E-state index is 0.112. The molecule has 2 amide bonds. The number of piperazine rings is 1. The number of hydrogen-bond acceptors (Lipinski definition) is 5. The van der Waals surface area contributed by atoms with Crippen molar-refractivity contribution in [2.24, 2.45) is 0 Å². The Morgan fingerprint density at radius 1 is 1.20 bits per heavy atom. The smallest absolute Gasteiger partial charge is 0.319 e. The van der Waals surface area contributed by atoms with E-state index in [9.17, 15) is 19.3 Å². The van der Waals surface area contributed by atoms with Crippen LogP contribution in [-0.4, -0.2) is 48.6 Å². The number of hydrogen-bond donors (Lipinski definition) is 2. The summed E-state index contributed by atoms with van der Waals surface area (Å²) < 4.78 is 14.0. The predicted molar refractivity (Wildman–Crippen MR) is 114 cm³/mol. The molecule has 3 rings (SSSR count). The van der Waals surface area contributed by atoms with Crippen LogP contribution >= 0.6 is 0 Å². The summed E-state index contributed by atoms with van der Waals surface area (Å²) in [6, 6.07) is 9.35. The number of nitrogens with one attached hydrogen (secondary N) is 2. The molecule has 9 heteroatoms. The van der Waals surface area contributed by atoms with Crippen molar-refractivity contribution in [1.82, 2.24) is 10.2 Å². The van der Waals surface area contributed by atoms with Crippen molar-refractivity contribution in [3.63, 3.8) is 0 Å². The Kier molecular flexibility index (Phi) is 6.83. The maximum absolute atomic E-state index is 14.0. The van der Waals surface area contributed by atoms with Gasteiger partial charge in [0.2, 0.25) is 0 Å². The van der Waals surface area contributed by atoms with Crippen molar-refractivity contribution in [1.29, 1.82) is 0 Å². The SMILES string of the molecule is CCN1CCN(c2ccc(F)cc2[C@@H](C)NC(=O)Nc2cccc([N+](=O)[O-])c2)CC1. The van der Waals surface area contributed by atoms with Crippen LogP contribution in [0.4, 0.5) is 26.2 Å². The Hall–Kier alpha value is -3.20. The van der Waals surface area contributed by atoms with E-state index in [1.54, 1.807) is 19.1 Å². The lowest BCUT2D eigenvalue weighted by molar-refractivity contribution is -0.384. The third kappa shape index (κ3) is 5.24. The van der Waals surface area contributed by atoms with Crippen LogP contribution in [0.3, 0.4) is 0 Å². The van der Waals surface area contributed by atoms with Crippen molar-refractivity contribution in [3.05, 3.63) is 64.0 Å². The number of nitro groups is 1. The minimum Gasteiger partial charge on any atom is -0.369 e. The van der Waals surface area contributed by atoms with Crippen LogP contribution in [0, 0.1) is 15.9 Å². The molecule has 2 aromatic carbocycles. The third-order valence-corrected chi connectivity index (χ3v) is 5.28. The highest BCUT2D eigenvalue weighted by molar-refractivity contribution is 5.90. The summed E-state index contributed by atoms with van der Waals surface area (Å²) in [6.07, 6.45) is 0.